The monoisotopic (exact) mass is 358 g/mol. The van der Waals surface area contributed by atoms with Gasteiger partial charge in [-0.3, -0.25) is 10.6 Å². The van der Waals surface area contributed by atoms with Gasteiger partial charge in [0.15, 0.2) is 0 Å². The van der Waals surface area contributed by atoms with Crippen LogP contribution in [0.15, 0.2) is 36.4 Å². The Hall–Kier alpha value is -2.76. The number of fused-ring (bicyclic) bond motifs is 1. The van der Waals surface area contributed by atoms with Crippen LogP contribution in [0.1, 0.15) is 39.5 Å². The zero-order valence-electron chi connectivity index (χ0n) is 15.3. The van der Waals surface area contributed by atoms with Crippen molar-refractivity contribution in [3.05, 3.63) is 36.4 Å². The van der Waals surface area contributed by atoms with Crippen LogP contribution in [0.25, 0.3) is 10.8 Å². The van der Waals surface area contributed by atoms with Gasteiger partial charge in [0.05, 0.1) is 24.6 Å². The van der Waals surface area contributed by atoms with Gasteiger partial charge in [-0.15, -0.1) is 0 Å². The summed E-state index contributed by atoms with van der Waals surface area (Å²) in [6.45, 7) is 4.86. The van der Waals surface area contributed by atoms with Gasteiger partial charge in [-0.1, -0.05) is 51.0 Å². The molecule has 2 aromatic carbocycles. The Balaban J connectivity index is 2.12. The van der Waals surface area contributed by atoms with Crippen molar-refractivity contribution in [3.63, 3.8) is 0 Å². The molecule has 140 valence electrons. The van der Waals surface area contributed by atoms with Crippen LogP contribution in [0, 0.1) is 0 Å². The first-order valence-corrected chi connectivity index (χ1v) is 9.05. The summed E-state index contributed by atoms with van der Waals surface area (Å²) < 4.78 is 10.3. The lowest BCUT2D eigenvalue weighted by Gasteiger charge is -2.13. The molecule has 0 aliphatic carbocycles. The molecule has 2 N–H and O–H groups in total. The molecule has 0 aliphatic rings. The summed E-state index contributed by atoms with van der Waals surface area (Å²) in [7, 11) is 0. The Bertz CT molecular complexity index is 682. The van der Waals surface area contributed by atoms with E-state index in [1.54, 1.807) is 12.1 Å². The molecule has 0 bridgehead atoms. The number of nitrogens with one attached hydrogen (secondary N) is 2. The van der Waals surface area contributed by atoms with Crippen LogP contribution in [-0.4, -0.2) is 25.4 Å². The minimum absolute atomic E-state index is 0.392. The Morgan fingerprint density at radius 3 is 1.58 bits per heavy atom. The van der Waals surface area contributed by atoms with Crippen molar-refractivity contribution in [2.24, 2.45) is 0 Å². The Labute approximate surface area is 153 Å². The maximum absolute atomic E-state index is 11.9. The van der Waals surface area contributed by atoms with Crippen molar-refractivity contribution in [2.45, 2.75) is 39.5 Å². The predicted molar refractivity (Wildman–Crippen MR) is 104 cm³/mol. The molecule has 0 aliphatic heterocycles. The van der Waals surface area contributed by atoms with Gasteiger partial charge in [0.1, 0.15) is 0 Å². The zero-order chi connectivity index (χ0) is 18.8. The number of benzene rings is 2. The van der Waals surface area contributed by atoms with E-state index in [-0.39, 0.29) is 0 Å². The summed E-state index contributed by atoms with van der Waals surface area (Å²) in [4.78, 5) is 23.8. The molecule has 0 spiro atoms. The average Bonchev–Trinajstić information content (AvgIpc) is 2.63. The summed E-state index contributed by atoms with van der Waals surface area (Å²) in [5.41, 5.74) is 1.26. The van der Waals surface area contributed by atoms with Gasteiger partial charge in [0, 0.05) is 10.8 Å². The van der Waals surface area contributed by atoms with E-state index in [2.05, 4.69) is 10.6 Å². The number of hydrogen-bond acceptors (Lipinski definition) is 4. The second-order valence-corrected chi connectivity index (χ2v) is 5.94. The average molecular weight is 358 g/mol. The molecule has 26 heavy (non-hydrogen) atoms. The maximum atomic E-state index is 11.9. The standard InChI is InChI=1S/C20H26N2O4/c1-3-5-13-25-19(23)21-17-11-7-10-16-15(17)9-8-12-18(16)22-20(24)26-14-6-4-2/h7-12H,3-6,13-14H2,1-2H3,(H,21,23)(H,22,24). The summed E-state index contributed by atoms with van der Waals surface area (Å²) in [6, 6.07) is 11.0. The topological polar surface area (TPSA) is 76.7 Å². The third-order valence-corrected chi connectivity index (χ3v) is 3.86. The minimum Gasteiger partial charge on any atom is -0.449 e. The van der Waals surface area contributed by atoms with E-state index < -0.39 is 12.2 Å². The van der Waals surface area contributed by atoms with Crippen molar-refractivity contribution < 1.29 is 19.1 Å². The molecule has 0 saturated heterocycles. The van der Waals surface area contributed by atoms with Crippen LogP contribution in [0.4, 0.5) is 21.0 Å². The number of hydrogen-bond donors (Lipinski definition) is 2. The Morgan fingerprint density at radius 2 is 1.19 bits per heavy atom. The molecule has 0 fully saturated rings. The SMILES string of the molecule is CCCCOC(=O)Nc1cccc2c(NC(=O)OCCCC)cccc12. The van der Waals surface area contributed by atoms with Gasteiger partial charge in [0.2, 0.25) is 0 Å². The molecule has 0 radical (unpaired) electrons. The molecular formula is C20H26N2O4. The van der Waals surface area contributed by atoms with E-state index in [1.165, 1.54) is 0 Å². The second kappa shape index (κ2) is 10.3. The zero-order valence-corrected chi connectivity index (χ0v) is 15.3. The normalized spacial score (nSPS) is 10.4. The molecule has 6 nitrogen and oxygen atoms in total. The molecule has 2 rings (SSSR count). The highest BCUT2D eigenvalue weighted by molar-refractivity contribution is 6.07. The second-order valence-electron chi connectivity index (χ2n) is 5.94. The van der Waals surface area contributed by atoms with Crippen molar-refractivity contribution in [1.82, 2.24) is 0 Å². The Morgan fingerprint density at radius 1 is 0.769 bits per heavy atom. The van der Waals surface area contributed by atoms with Crippen molar-refractivity contribution >= 4 is 34.3 Å². The number of carbonyl (C=O) groups excluding carboxylic acids is 2. The summed E-state index contributed by atoms with van der Waals surface area (Å²) >= 11 is 0. The predicted octanol–water partition coefficient (Wildman–Crippen LogP) is 5.54. The van der Waals surface area contributed by atoms with Crippen LogP contribution in [-0.2, 0) is 9.47 Å². The van der Waals surface area contributed by atoms with E-state index in [9.17, 15) is 9.59 Å². The molecule has 2 amide bonds. The van der Waals surface area contributed by atoms with Gasteiger partial charge in [-0.05, 0) is 25.0 Å². The lowest BCUT2D eigenvalue weighted by atomic mass is 10.1. The smallest absolute Gasteiger partial charge is 0.411 e. The molecule has 0 aromatic heterocycles. The number of carbonyl (C=O) groups is 2. The fourth-order valence-corrected chi connectivity index (χ4v) is 2.44. The fraction of sp³-hybridized carbons (Fsp3) is 0.400. The quantitative estimate of drug-likeness (QED) is 0.608. The third-order valence-electron chi connectivity index (χ3n) is 3.86. The van der Waals surface area contributed by atoms with Gasteiger partial charge in [0.25, 0.3) is 0 Å². The van der Waals surface area contributed by atoms with Crippen molar-refractivity contribution in [3.8, 4) is 0 Å². The van der Waals surface area contributed by atoms with Gasteiger partial charge in [-0.2, -0.15) is 0 Å². The van der Waals surface area contributed by atoms with Crippen molar-refractivity contribution in [2.75, 3.05) is 23.8 Å². The van der Waals surface area contributed by atoms with Crippen molar-refractivity contribution in [1.29, 1.82) is 0 Å². The molecule has 0 heterocycles. The van der Waals surface area contributed by atoms with Crippen LogP contribution >= 0.6 is 0 Å². The number of rotatable bonds is 8. The van der Waals surface area contributed by atoms with Crippen LogP contribution in [0.3, 0.4) is 0 Å². The van der Waals surface area contributed by atoms with Gasteiger partial charge < -0.3 is 9.47 Å². The van der Waals surface area contributed by atoms with Crippen LogP contribution < -0.4 is 10.6 Å². The van der Waals surface area contributed by atoms with E-state index in [0.717, 1.165) is 36.5 Å². The van der Waals surface area contributed by atoms with E-state index in [4.69, 9.17) is 9.47 Å². The van der Waals surface area contributed by atoms with Gasteiger partial charge in [-0.25, -0.2) is 9.59 Å². The first kappa shape index (κ1) is 19.6. The first-order valence-electron chi connectivity index (χ1n) is 9.05. The number of anilines is 2. The summed E-state index contributed by atoms with van der Waals surface area (Å²) in [5, 5.41) is 7.15. The largest absolute Gasteiger partial charge is 0.449 e. The molecular weight excluding hydrogens is 332 g/mol. The fourth-order valence-electron chi connectivity index (χ4n) is 2.44. The summed E-state index contributed by atoms with van der Waals surface area (Å²) in [5.74, 6) is 0. The molecule has 0 atom stereocenters. The summed E-state index contributed by atoms with van der Waals surface area (Å²) in [6.07, 6.45) is 2.62. The lowest BCUT2D eigenvalue weighted by Crippen LogP contribution is -2.15. The highest BCUT2D eigenvalue weighted by Gasteiger charge is 2.10. The van der Waals surface area contributed by atoms with Crippen LogP contribution in [0.2, 0.25) is 0 Å². The maximum Gasteiger partial charge on any atom is 0.411 e. The number of unbranched alkanes of at least 4 members (excludes halogenated alkanes) is 2. The van der Waals surface area contributed by atoms with E-state index in [0.29, 0.717) is 24.6 Å². The highest BCUT2D eigenvalue weighted by atomic mass is 16.6. The third kappa shape index (κ3) is 5.65. The van der Waals surface area contributed by atoms with Crippen LogP contribution in [0.5, 0.6) is 0 Å². The van der Waals surface area contributed by atoms with E-state index >= 15 is 0 Å². The number of ether oxygens (including phenoxy) is 2. The molecule has 6 heteroatoms. The van der Waals surface area contributed by atoms with Gasteiger partial charge >= 0.3 is 12.2 Å². The first-order chi connectivity index (χ1) is 12.7. The number of amides is 2. The molecule has 0 saturated carbocycles. The minimum atomic E-state index is -0.483. The molecule has 2 aromatic rings. The highest BCUT2D eigenvalue weighted by Crippen LogP contribution is 2.29. The Kier molecular flexibility index (Phi) is 7.74. The van der Waals surface area contributed by atoms with E-state index in [1.807, 2.05) is 38.1 Å². The lowest BCUT2D eigenvalue weighted by molar-refractivity contribution is 0.159. The molecule has 0 unspecified atom stereocenters.